The van der Waals surface area contributed by atoms with E-state index in [0.29, 0.717) is 13.2 Å². The second-order valence-corrected chi connectivity index (χ2v) is 3.35. The summed E-state index contributed by atoms with van der Waals surface area (Å²) in [7, 11) is 1.56. The maximum Gasteiger partial charge on any atom is 0.242 e. The van der Waals surface area contributed by atoms with E-state index in [0.717, 1.165) is 6.54 Å². The Balaban J connectivity index is 3.73. The summed E-state index contributed by atoms with van der Waals surface area (Å²) in [5.74, 6) is -0.391. The van der Waals surface area contributed by atoms with Crippen molar-refractivity contribution in [2.24, 2.45) is 0 Å². The number of amides is 2. The highest BCUT2D eigenvalue weighted by Gasteiger charge is 2.14. The van der Waals surface area contributed by atoms with E-state index in [4.69, 9.17) is 4.74 Å². The molecule has 0 fully saturated rings. The van der Waals surface area contributed by atoms with Crippen molar-refractivity contribution in [3.05, 3.63) is 0 Å². The van der Waals surface area contributed by atoms with Crippen molar-refractivity contribution >= 4 is 11.8 Å². The van der Waals surface area contributed by atoms with Gasteiger partial charge in [0.1, 0.15) is 6.04 Å². The first kappa shape index (κ1) is 14.9. The van der Waals surface area contributed by atoms with E-state index in [-0.39, 0.29) is 18.4 Å². The number of nitrogens with one attached hydrogen (secondary N) is 3. The largest absolute Gasteiger partial charge is 0.383 e. The molecule has 0 aromatic rings. The third-order valence-corrected chi connectivity index (χ3v) is 1.91. The number of carbonyl (C=O) groups excluding carboxylic acids is 2. The van der Waals surface area contributed by atoms with Crippen LogP contribution in [0, 0.1) is 0 Å². The summed E-state index contributed by atoms with van der Waals surface area (Å²) in [6.45, 7) is 5.42. The van der Waals surface area contributed by atoms with Crippen LogP contribution >= 0.6 is 0 Å². The Morgan fingerprint density at radius 1 is 1.38 bits per heavy atom. The van der Waals surface area contributed by atoms with Crippen molar-refractivity contribution in [2.45, 2.75) is 19.9 Å². The fourth-order valence-corrected chi connectivity index (χ4v) is 1.03. The molecule has 0 aliphatic rings. The minimum Gasteiger partial charge on any atom is -0.383 e. The van der Waals surface area contributed by atoms with Gasteiger partial charge in [-0.25, -0.2) is 0 Å². The third-order valence-electron chi connectivity index (χ3n) is 1.91. The van der Waals surface area contributed by atoms with E-state index < -0.39 is 6.04 Å². The lowest BCUT2D eigenvalue weighted by Gasteiger charge is -2.13. The number of rotatable bonds is 8. The van der Waals surface area contributed by atoms with E-state index in [1.807, 2.05) is 6.92 Å². The van der Waals surface area contributed by atoms with Crippen LogP contribution in [0.15, 0.2) is 0 Å². The number of hydrogen-bond donors (Lipinski definition) is 3. The van der Waals surface area contributed by atoms with Gasteiger partial charge in [-0.15, -0.1) is 0 Å². The molecule has 0 aromatic heterocycles. The molecule has 1 atom stereocenters. The SMILES string of the molecule is CCNCC(=O)NC(C)C(=O)NCCOC. The van der Waals surface area contributed by atoms with Gasteiger partial charge >= 0.3 is 0 Å². The molecule has 0 bridgehead atoms. The molecular formula is C10H21N3O3. The van der Waals surface area contributed by atoms with Crippen molar-refractivity contribution in [2.75, 3.05) is 33.4 Å². The standard InChI is InChI=1S/C10H21N3O3/c1-4-11-7-9(14)13-8(2)10(15)12-5-6-16-3/h8,11H,4-7H2,1-3H3,(H,12,15)(H,13,14). The Kier molecular flexibility index (Phi) is 8.46. The number of likely N-dealkylation sites (N-methyl/N-ethyl adjacent to an activating group) is 1. The Labute approximate surface area is 96.1 Å². The van der Waals surface area contributed by atoms with Crippen LogP contribution in [0.5, 0.6) is 0 Å². The van der Waals surface area contributed by atoms with Crippen molar-refractivity contribution in [1.82, 2.24) is 16.0 Å². The summed E-state index contributed by atoms with van der Waals surface area (Å²) in [6, 6.07) is -0.525. The van der Waals surface area contributed by atoms with E-state index in [9.17, 15) is 9.59 Å². The topological polar surface area (TPSA) is 79.5 Å². The van der Waals surface area contributed by atoms with Crippen LogP contribution in [0.1, 0.15) is 13.8 Å². The van der Waals surface area contributed by atoms with E-state index >= 15 is 0 Å². The van der Waals surface area contributed by atoms with Gasteiger partial charge in [0, 0.05) is 13.7 Å². The van der Waals surface area contributed by atoms with Crippen molar-refractivity contribution in [3.63, 3.8) is 0 Å². The van der Waals surface area contributed by atoms with Crippen molar-refractivity contribution in [3.8, 4) is 0 Å². The Bertz CT molecular complexity index is 221. The highest BCUT2D eigenvalue weighted by atomic mass is 16.5. The van der Waals surface area contributed by atoms with Crippen LogP contribution in [0.3, 0.4) is 0 Å². The lowest BCUT2D eigenvalue weighted by atomic mass is 10.3. The molecule has 2 amide bonds. The zero-order chi connectivity index (χ0) is 12.4. The monoisotopic (exact) mass is 231 g/mol. The van der Waals surface area contributed by atoms with Crippen molar-refractivity contribution in [1.29, 1.82) is 0 Å². The predicted octanol–water partition coefficient (Wildman–Crippen LogP) is -1.14. The summed E-state index contributed by atoms with van der Waals surface area (Å²) >= 11 is 0. The van der Waals surface area contributed by atoms with E-state index in [1.54, 1.807) is 14.0 Å². The maximum absolute atomic E-state index is 11.4. The first-order valence-corrected chi connectivity index (χ1v) is 5.38. The van der Waals surface area contributed by atoms with Gasteiger partial charge in [0.2, 0.25) is 11.8 Å². The molecule has 6 nitrogen and oxygen atoms in total. The highest BCUT2D eigenvalue weighted by molar-refractivity contribution is 5.87. The van der Waals surface area contributed by atoms with Crippen LogP contribution in [0.2, 0.25) is 0 Å². The third kappa shape index (κ3) is 7.19. The van der Waals surface area contributed by atoms with Crippen LogP contribution in [0.25, 0.3) is 0 Å². The minimum atomic E-state index is -0.525. The first-order chi connectivity index (χ1) is 7.61. The lowest BCUT2D eigenvalue weighted by molar-refractivity contribution is -0.128. The second-order valence-electron chi connectivity index (χ2n) is 3.35. The summed E-state index contributed by atoms with van der Waals surface area (Å²) in [4.78, 5) is 22.7. The van der Waals surface area contributed by atoms with E-state index in [2.05, 4.69) is 16.0 Å². The number of ether oxygens (including phenoxy) is 1. The van der Waals surface area contributed by atoms with Gasteiger partial charge in [0.15, 0.2) is 0 Å². The Morgan fingerprint density at radius 2 is 2.06 bits per heavy atom. The number of hydrogen-bond acceptors (Lipinski definition) is 4. The maximum atomic E-state index is 11.4. The Hall–Kier alpha value is -1.14. The second kappa shape index (κ2) is 9.11. The highest BCUT2D eigenvalue weighted by Crippen LogP contribution is 1.82. The number of methoxy groups -OCH3 is 1. The predicted molar refractivity (Wildman–Crippen MR) is 61.0 cm³/mol. The molecule has 1 unspecified atom stereocenters. The van der Waals surface area contributed by atoms with Gasteiger partial charge in [0.05, 0.1) is 13.2 Å². The fourth-order valence-electron chi connectivity index (χ4n) is 1.03. The van der Waals surface area contributed by atoms with Gasteiger partial charge in [0.25, 0.3) is 0 Å². The van der Waals surface area contributed by atoms with Crippen LogP contribution in [0.4, 0.5) is 0 Å². The van der Waals surface area contributed by atoms with Gasteiger partial charge in [-0.2, -0.15) is 0 Å². The first-order valence-electron chi connectivity index (χ1n) is 5.38. The molecule has 94 valence electrons. The molecule has 0 spiro atoms. The summed E-state index contributed by atoms with van der Waals surface area (Å²) < 4.78 is 4.79. The molecule has 0 saturated heterocycles. The fraction of sp³-hybridized carbons (Fsp3) is 0.800. The van der Waals surface area contributed by atoms with Gasteiger partial charge in [-0.05, 0) is 13.5 Å². The normalized spacial score (nSPS) is 11.9. The molecule has 16 heavy (non-hydrogen) atoms. The van der Waals surface area contributed by atoms with Crippen LogP contribution in [-0.2, 0) is 14.3 Å². The molecule has 0 saturated carbocycles. The molecule has 0 aliphatic carbocycles. The molecule has 0 radical (unpaired) electrons. The van der Waals surface area contributed by atoms with Crippen LogP contribution < -0.4 is 16.0 Å². The Morgan fingerprint density at radius 3 is 2.62 bits per heavy atom. The molecule has 0 heterocycles. The molecule has 6 heteroatoms. The molecule has 0 rings (SSSR count). The summed E-state index contributed by atoms with van der Waals surface area (Å²) in [5, 5.41) is 8.11. The average Bonchev–Trinajstić information content (AvgIpc) is 2.26. The lowest BCUT2D eigenvalue weighted by Crippen LogP contribution is -2.47. The molecule has 0 aliphatic heterocycles. The zero-order valence-electron chi connectivity index (χ0n) is 10.1. The summed E-state index contributed by atoms with van der Waals surface area (Å²) in [6.07, 6.45) is 0. The molecule has 0 aromatic carbocycles. The smallest absolute Gasteiger partial charge is 0.242 e. The van der Waals surface area contributed by atoms with Gasteiger partial charge in [-0.1, -0.05) is 6.92 Å². The zero-order valence-corrected chi connectivity index (χ0v) is 10.1. The van der Waals surface area contributed by atoms with E-state index in [1.165, 1.54) is 0 Å². The van der Waals surface area contributed by atoms with Crippen LogP contribution in [-0.4, -0.2) is 51.2 Å². The van der Waals surface area contributed by atoms with Gasteiger partial charge < -0.3 is 20.7 Å². The van der Waals surface area contributed by atoms with Crippen molar-refractivity contribution < 1.29 is 14.3 Å². The summed E-state index contributed by atoms with van der Waals surface area (Å²) in [5.41, 5.74) is 0. The average molecular weight is 231 g/mol. The quantitative estimate of drug-likeness (QED) is 0.462. The molecular weight excluding hydrogens is 210 g/mol. The number of carbonyl (C=O) groups is 2. The molecule has 3 N–H and O–H groups in total. The van der Waals surface area contributed by atoms with Gasteiger partial charge in [-0.3, -0.25) is 9.59 Å². The minimum absolute atomic E-state index is 0.184.